The topological polar surface area (TPSA) is 150 Å². The SMILES string of the molecule is NC(CCCCC(=O)ON1C(=O)CCC1=O)C(=O)c1ccc(CBr)c([N+](=O)[O-])c1. The predicted molar refractivity (Wildman–Crippen MR) is 104 cm³/mol. The number of alkyl halides is 1. The molecule has 11 heteroatoms. The summed E-state index contributed by atoms with van der Waals surface area (Å²) in [6.45, 7) is 0. The van der Waals surface area contributed by atoms with Crippen LogP contribution in [0.5, 0.6) is 0 Å². The predicted octanol–water partition coefficient (Wildman–Crippen LogP) is 2.17. The molecule has 156 valence electrons. The summed E-state index contributed by atoms with van der Waals surface area (Å²) < 4.78 is 0. The Labute approximate surface area is 174 Å². The van der Waals surface area contributed by atoms with Gasteiger partial charge >= 0.3 is 5.97 Å². The van der Waals surface area contributed by atoms with E-state index in [2.05, 4.69) is 15.9 Å². The number of benzene rings is 1. The van der Waals surface area contributed by atoms with E-state index in [1.54, 1.807) is 0 Å². The highest BCUT2D eigenvalue weighted by molar-refractivity contribution is 9.08. The molecule has 0 aliphatic carbocycles. The molecule has 2 N–H and O–H groups in total. The molecule has 1 aliphatic heterocycles. The Morgan fingerprint density at radius 1 is 1.24 bits per heavy atom. The van der Waals surface area contributed by atoms with E-state index in [1.165, 1.54) is 18.2 Å². The average molecular weight is 470 g/mol. The van der Waals surface area contributed by atoms with E-state index < -0.39 is 34.5 Å². The number of nitro benzene ring substituents is 1. The summed E-state index contributed by atoms with van der Waals surface area (Å²) in [6.07, 6.45) is 1.05. The number of amides is 2. The first-order chi connectivity index (χ1) is 13.7. The molecule has 1 saturated heterocycles. The maximum atomic E-state index is 12.4. The molecule has 0 radical (unpaired) electrons. The van der Waals surface area contributed by atoms with E-state index in [0.717, 1.165) is 0 Å². The zero-order valence-electron chi connectivity index (χ0n) is 15.5. The van der Waals surface area contributed by atoms with E-state index in [9.17, 15) is 29.3 Å². The van der Waals surface area contributed by atoms with Gasteiger partial charge < -0.3 is 10.6 Å². The van der Waals surface area contributed by atoms with Crippen molar-refractivity contribution < 1.29 is 28.9 Å². The number of unbranched alkanes of at least 4 members (excludes halogenated alkanes) is 1. The molecular weight excluding hydrogens is 450 g/mol. The number of nitrogens with zero attached hydrogens (tertiary/aromatic N) is 2. The standard InChI is InChI=1S/C18H20BrN3O7/c19-10-12-6-5-11(9-14(12)22(27)28)18(26)13(20)3-1-2-4-17(25)29-21-15(23)7-8-16(21)24/h5-6,9,13H,1-4,7-8,10,20H2. The van der Waals surface area contributed by atoms with Crippen molar-refractivity contribution >= 4 is 45.2 Å². The van der Waals surface area contributed by atoms with Crippen molar-refractivity contribution in [2.24, 2.45) is 5.73 Å². The lowest BCUT2D eigenvalue weighted by molar-refractivity contribution is -0.385. The lowest BCUT2D eigenvalue weighted by Gasteiger charge is -2.13. The Hall–Kier alpha value is -2.66. The van der Waals surface area contributed by atoms with Gasteiger partial charge in [0, 0.05) is 41.8 Å². The van der Waals surface area contributed by atoms with Gasteiger partial charge in [0.15, 0.2) is 5.78 Å². The van der Waals surface area contributed by atoms with Gasteiger partial charge in [0.1, 0.15) is 0 Å². The first-order valence-corrected chi connectivity index (χ1v) is 10.1. The Morgan fingerprint density at radius 3 is 2.48 bits per heavy atom. The third kappa shape index (κ3) is 5.91. The highest BCUT2D eigenvalue weighted by Gasteiger charge is 2.32. The number of hydroxylamine groups is 2. The molecule has 2 rings (SSSR count). The fraction of sp³-hybridized carbons (Fsp3) is 0.444. The number of nitrogens with two attached hydrogens (primary N) is 1. The van der Waals surface area contributed by atoms with Crippen LogP contribution in [0.2, 0.25) is 0 Å². The highest BCUT2D eigenvalue weighted by atomic mass is 79.9. The third-order valence-electron chi connectivity index (χ3n) is 4.39. The lowest BCUT2D eigenvalue weighted by atomic mass is 9.98. The molecule has 1 aliphatic rings. The number of Topliss-reactive ketones (excluding diaryl/α,β-unsaturated/α-hetero) is 1. The summed E-state index contributed by atoms with van der Waals surface area (Å²) in [5, 5.41) is 11.9. The molecule has 1 heterocycles. The largest absolute Gasteiger partial charge is 0.333 e. The number of ketones is 1. The van der Waals surface area contributed by atoms with Crippen LogP contribution in [0.3, 0.4) is 0 Å². The van der Waals surface area contributed by atoms with Crippen molar-refractivity contribution in [3.05, 3.63) is 39.4 Å². The van der Waals surface area contributed by atoms with Crippen LogP contribution in [0.25, 0.3) is 0 Å². The number of nitro groups is 1. The maximum Gasteiger partial charge on any atom is 0.333 e. The minimum atomic E-state index is -0.873. The zero-order chi connectivity index (χ0) is 21.6. The van der Waals surface area contributed by atoms with Crippen molar-refractivity contribution in [3.8, 4) is 0 Å². The second-order valence-electron chi connectivity index (χ2n) is 6.50. The van der Waals surface area contributed by atoms with Gasteiger partial charge in [-0.3, -0.25) is 24.5 Å². The van der Waals surface area contributed by atoms with Crippen LogP contribution < -0.4 is 5.73 Å². The van der Waals surface area contributed by atoms with Crippen LogP contribution in [0.4, 0.5) is 5.69 Å². The Balaban J connectivity index is 1.81. The number of imide groups is 1. The molecule has 0 aromatic heterocycles. The molecule has 0 saturated carbocycles. The third-order valence-corrected chi connectivity index (χ3v) is 5.00. The van der Waals surface area contributed by atoms with Gasteiger partial charge in [-0.25, -0.2) is 4.79 Å². The number of rotatable bonds is 10. The molecule has 1 aromatic rings. The van der Waals surface area contributed by atoms with Crippen LogP contribution in [0.1, 0.15) is 54.4 Å². The van der Waals surface area contributed by atoms with Crippen molar-refractivity contribution in [3.63, 3.8) is 0 Å². The van der Waals surface area contributed by atoms with E-state index in [0.29, 0.717) is 23.5 Å². The van der Waals surface area contributed by atoms with Gasteiger partial charge in [-0.1, -0.05) is 34.5 Å². The van der Waals surface area contributed by atoms with Gasteiger partial charge in [0.2, 0.25) is 0 Å². The molecule has 1 atom stereocenters. The molecule has 1 unspecified atom stereocenters. The smallest absolute Gasteiger partial charge is 0.330 e. The minimum Gasteiger partial charge on any atom is -0.330 e. The second-order valence-corrected chi connectivity index (χ2v) is 7.06. The summed E-state index contributed by atoms with van der Waals surface area (Å²) in [5.41, 5.74) is 6.33. The molecule has 10 nitrogen and oxygen atoms in total. The maximum absolute atomic E-state index is 12.4. The molecule has 1 fully saturated rings. The first-order valence-electron chi connectivity index (χ1n) is 8.94. The van der Waals surface area contributed by atoms with Crippen molar-refractivity contribution in [1.29, 1.82) is 0 Å². The molecule has 0 spiro atoms. The minimum absolute atomic E-state index is 0.0257. The summed E-state index contributed by atoms with van der Waals surface area (Å²) in [7, 11) is 0. The molecule has 29 heavy (non-hydrogen) atoms. The van der Waals surface area contributed by atoms with Gasteiger partial charge in [-0.15, -0.1) is 5.06 Å². The highest BCUT2D eigenvalue weighted by Crippen LogP contribution is 2.23. The van der Waals surface area contributed by atoms with Crippen LogP contribution in [0.15, 0.2) is 18.2 Å². The summed E-state index contributed by atoms with van der Waals surface area (Å²) in [6, 6.07) is 3.33. The number of hydrogen-bond acceptors (Lipinski definition) is 8. The zero-order valence-corrected chi connectivity index (χ0v) is 17.1. The summed E-state index contributed by atoms with van der Waals surface area (Å²) in [4.78, 5) is 62.2. The van der Waals surface area contributed by atoms with Crippen molar-refractivity contribution in [2.45, 2.75) is 49.9 Å². The van der Waals surface area contributed by atoms with Crippen LogP contribution in [-0.4, -0.2) is 39.6 Å². The quantitative estimate of drug-likeness (QED) is 0.137. The Bertz CT molecular complexity index is 827. The number of hydrogen-bond donors (Lipinski definition) is 1. The van der Waals surface area contributed by atoms with Crippen LogP contribution in [0, 0.1) is 10.1 Å². The molecule has 0 bridgehead atoms. The van der Waals surface area contributed by atoms with Crippen molar-refractivity contribution in [1.82, 2.24) is 5.06 Å². The molecular formula is C18H20BrN3O7. The second kappa shape index (κ2) is 10.2. The van der Waals surface area contributed by atoms with E-state index >= 15 is 0 Å². The Morgan fingerprint density at radius 2 is 1.90 bits per heavy atom. The number of carbonyl (C=O) groups is 4. The number of halogens is 1. The molecule has 1 aromatic carbocycles. The lowest BCUT2D eigenvalue weighted by Crippen LogP contribution is -2.32. The van der Waals surface area contributed by atoms with Gasteiger partial charge in [-0.2, -0.15) is 0 Å². The van der Waals surface area contributed by atoms with Crippen molar-refractivity contribution in [2.75, 3.05) is 0 Å². The van der Waals surface area contributed by atoms with Gasteiger partial charge in [-0.05, 0) is 12.8 Å². The van der Waals surface area contributed by atoms with Crippen LogP contribution in [-0.2, 0) is 24.6 Å². The van der Waals surface area contributed by atoms with E-state index in [-0.39, 0.29) is 42.3 Å². The normalized spacial score (nSPS) is 14.8. The summed E-state index contributed by atoms with van der Waals surface area (Å²) in [5.74, 6) is -2.23. The van der Waals surface area contributed by atoms with Gasteiger partial charge in [0.05, 0.1) is 11.0 Å². The van der Waals surface area contributed by atoms with Crippen LogP contribution >= 0.6 is 15.9 Å². The van der Waals surface area contributed by atoms with E-state index in [1.807, 2.05) is 0 Å². The average Bonchev–Trinajstić information content (AvgIpc) is 3.01. The summed E-state index contributed by atoms with van der Waals surface area (Å²) >= 11 is 3.16. The molecule has 2 amide bonds. The fourth-order valence-corrected chi connectivity index (χ4v) is 3.26. The first kappa shape index (κ1) is 22.6. The van der Waals surface area contributed by atoms with E-state index in [4.69, 9.17) is 10.6 Å². The Kier molecular flexibility index (Phi) is 7.97. The van der Waals surface area contributed by atoms with Gasteiger partial charge in [0.25, 0.3) is 17.5 Å². The fourth-order valence-electron chi connectivity index (χ4n) is 2.78. The number of carbonyl (C=O) groups excluding carboxylic acids is 4. The monoisotopic (exact) mass is 469 g/mol.